The Hall–Kier alpha value is -4.18. The Morgan fingerprint density at radius 3 is 1.52 bits per heavy atom. The molecule has 0 radical (unpaired) electrons. The van der Waals surface area contributed by atoms with Gasteiger partial charge >= 0.3 is 11.9 Å². The van der Waals surface area contributed by atoms with Gasteiger partial charge in [-0.15, -0.1) is 0 Å². The van der Waals surface area contributed by atoms with E-state index >= 15 is 0 Å². The third kappa shape index (κ3) is 10.8. The van der Waals surface area contributed by atoms with Gasteiger partial charge in [-0.05, 0) is 34.9 Å². The Balaban J connectivity index is 0.000000262. The molecule has 0 aliphatic rings. The van der Waals surface area contributed by atoms with Crippen LogP contribution in [-0.2, 0) is 14.3 Å². The monoisotopic (exact) mass is 412 g/mol. The fraction of sp³-hybridized carbons (Fsp3) is 0.0370. The number of carbonyl (C=O) groups excluding carboxylic acids is 1. The van der Waals surface area contributed by atoms with Crippen LogP contribution in [0.1, 0.15) is 16.7 Å². The quantitative estimate of drug-likeness (QED) is 0.397. The first-order valence-corrected chi connectivity index (χ1v) is 9.71. The third-order valence-corrected chi connectivity index (χ3v) is 3.86. The lowest BCUT2D eigenvalue weighted by Crippen LogP contribution is -1.99. The number of ether oxygens (including phenoxy) is 1. The maximum Gasteiger partial charge on any atom is 0.331 e. The average molecular weight is 412 g/mol. The minimum absolute atomic E-state index is 0.271. The van der Waals surface area contributed by atoms with Crippen LogP contribution in [0.15, 0.2) is 109 Å². The molecule has 0 bridgehead atoms. The molecule has 0 fully saturated rings. The number of carboxylic acids is 1. The number of hydrogen-bond donors (Lipinski definition) is 1. The van der Waals surface area contributed by atoms with Crippen LogP contribution < -0.4 is 0 Å². The number of benzene rings is 3. The lowest BCUT2D eigenvalue weighted by Gasteiger charge is -1.97. The summed E-state index contributed by atoms with van der Waals surface area (Å²) in [7, 11) is 0. The van der Waals surface area contributed by atoms with Gasteiger partial charge in [-0.25, -0.2) is 9.59 Å². The van der Waals surface area contributed by atoms with E-state index in [0.717, 1.165) is 22.8 Å². The molecule has 3 rings (SSSR count). The van der Waals surface area contributed by atoms with Gasteiger partial charge < -0.3 is 9.84 Å². The van der Waals surface area contributed by atoms with Crippen LogP contribution in [0.5, 0.6) is 0 Å². The lowest BCUT2D eigenvalue weighted by molar-refractivity contribution is -0.136. The Kier molecular flexibility index (Phi) is 10.4. The number of aliphatic carboxylic acids is 1. The van der Waals surface area contributed by atoms with Crippen molar-refractivity contribution < 1.29 is 19.4 Å². The fourth-order valence-corrected chi connectivity index (χ4v) is 2.39. The second kappa shape index (κ2) is 13.9. The molecule has 0 saturated heterocycles. The first-order chi connectivity index (χ1) is 15.1. The minimum Gasteiger partial charge on any atom is -0.478 e. The molecule has 0 aromatic heterocycles. The molecule has 0 saturated carbocycles. The number of esters is 1. The summed E-state index contributed by atoms with van der Waals surface area (Å²) in [6.07, 6.45) is 9.60. The highest BCUT2D eigenvalue weighted by atomic mass is 16.5. The maximum absolute atomic E-state index is 11.5. The minimum atomic E-state index is -0.922. The van der Waals surface area contributed by atoms with Crippen molar-refractivity contribution in [3.05, 3.63) is 126 Å². The summed E-state index contributed by atoms with van der Waals surface area (Å²) in [5.41, 5.74) is 2.96. The van der Waals surface area contributed by atoms with Crippen molar-refractivity contribution in [3.8, 4) is 0 Å². The van der Waals surface area contributed by atoms with Gasteiger partial charge in [0.1, 0.15) is 6.61 Å². The number of carbonyl (C=O) groups is 2. The molecule has 3 aromatic carbocycles. The second-order valence-electron chi connectivity index (χ2n) is 6.27. The molecule has 0 aliphatic carbocycles. The molecule has 1 N–H and O–H groups in total. The van der Waals surface area contributed by atoms with Crippen molar-refractivity contribution in [2.45, 2.75) is 0 Å². The molecule has 0 aliphatic heterocycles. The van der Waals surface area contributed by atoms with Crippen molar-refractivity contribution in [1.29, 1.82) is 0 Å². The van der Waals surface area contributed by atoms with Crippen LogP contribution in [-0.4, -0.2) is 23.7 Å². The van der Waals surface area contributed by atoms with Crippen molar-refractivity contribution >= 4 is 30.2 Å². The zero-order chi connectivity index (χ0) is 22.2. The molecule has 0 unspecified atom stereocenters. The van der Waals surface area contributed by atoms with Gasteiger partial charge in [0.05, 0.1) is 0 Å². The van der Waals surface area contributed by atoms with Crippen molar-refractivity contribution in [2.24, 2.45) is 0 Å². The van der Waals surface area contributed by atoms with Crippen LogP contribution in [0.2, 0.25) is 0 Å². The molecule has 156 valence electrons. The predicted octanol–water partition coefficient (Wildman–Crippen LogP) is 5.74. The summed E-state index contributed by atoms with van der Waals surface area (Å²) < 4.78 is 5.07. The standard InChI is InChI=1S/C18H16O2.C9H8O2/c19-18(14-13-17-10-5-2-6-11-17)20-15-7-12-16-8-3-1-4-9-16;10-9(11)7-6-8-4-2-1-3-5-8/h1-14H,15H2;1-7H,(H,10,11)/b12-7+,14-13+;7-6+. The summed E-state index contributed by atoms with van der Waals surface area (Å²) in [5.74, 6) is -1.26. The van der Waals surface area contributed by atoms with Crippen molar-refractivity contribution in [2.75, 3.05) is 6.61 Å². The van der Waals surface area contributed by atoms with Gasteiger partial charge in [-0.2, -0.15) is 0 Å². The number of carboxylic acid groups (broad SMARTS) is 1. The highest BCUT2D eigenvalue weighted by molar-refractivity contribution is 5.87. The average Bonchev–Trinajstić information content (AvgIpc) is 2.82. The van der Waals surface area contributed by atoms with Gasteiger partial charge in [-0.3, -0.25) is 0 Å². The van der Waals surface area contributed by atoms with Crippen LogP contribution in [0.4, 0.5) is 0 Å². The van der Waals surface area contributed by atoms with Crippen LogP contribution in [0.25, 0.3) is 18.2 Å². The maximum atomic E-state index is 11.5. The van der Waals surface area contributed by atoms with E-state index in [4.69, 9.17) is 9.84 Å². The molecule has 0 amide bonds. The van der Waals surface area contributed by atoms with Gasteiger partial charge in [-0.1, -0.05) is 97.1 Å². The van der Waals surface area contributed by atoms with Gasteiger partial charge in [0.25, 0.3) is 0 Å². The van der Waals surface area contributed by atoms with E-state index in [0.29, 0.717) is 0 Å². The summed E-state index contributed by atoms with van der Waals surface area (Å²) in [4.78, 5) is 21.6. The molecular formula is C27H24O4. The van der Waals surface area contributed by atoms with Crippen molar-refractivity contribution in [3.63, 3.8) is 0 Å². The van der Waals surface area contributed by atoms with E-state index in [1.807, 2.05) is 103 Å². The van der Waals surface area contributed by atoms with E-state index in [9.17, 15) is 9.59 Å². The number of hydrogen-bond acceptors (Lipinski definition) is 3. The smallest absolute Gasteiger partial charge is 0.331 e. The number of rotatable bonds is 7. The van der Waals surface area contributed by atoms with Gasteiger partial charge in [0, 0.05) is 12.2 Å². The van der Waals surface area contributed by atoms with E-state index in [1.54, 1.807) is 12.2 Å². The molecule has 0 heterocycles. The Bertz CT molecular complexity index is 1000. The lowest BCUT2D eigenvalue weighted by atomic mass is 10.2. The highest BCUT2D eigenvalue weighted by Gasteiger charge is 1.94. The Labute approximate surface area is 182 Å². The van der Waals surface area contributed by atoms with E-state index in [1.165, 1.54) is 6.08 Å². The van der Waals surface area contributed by atoms with Gasteiger partial charge in [0.2, 0.25) is 0 Å². The summed E-state index contributed by atoms with van der Waals surface area (Å²) in [6.45, 7) is 0.271. The molecule has 4 nitrogen and oxygen atoms in total. The molecule has 3 aromatic rings. The topological polar surface area (TPSA) is 63.6 Å². The van der Waals surface area contributed by atoms with E-state index in [-0.39, 0.29) is 12.6 Å². The summed E-state index contributed by atoms with van der Waals surface area (Å²) >= 11 is 0. The van der Waals surface area contributed by atoms with Crippen LogP contribution >= 0.6 is 0 Å². The molecular weight excluding hydrogens is 388 g/mol. The normalized spacial score (nSPS) is 10.7. The SMILES string of the molecule is O=C(/C=C/c1ccccc1)OC/C=C/c1ccccc1.O=C(O)/C=C/c1ccccc1. The zero-order valence-electron chi connectivity index (χ0n) is 17.0. The third-order valence-electron chi connectivity index (χ3n) is 3.86. The first-order valence-electron chi connectivity index (χ1n) is 9.71. The van der Waals surface area contributed by atoms with Crippen LogP contribution in [0.3, 0.4) is 0 Å². The highest BCUT2D eigenvalue weighted by Crippen LogP contribution is 2.03. The largest absolute Gasteiger partial charge is 0.478 e. The van der Waals surface area contributed by atoms with Crippen LogP contribution in [0, 0.1) is 0 Å². The van der Waals surface area contributed by atoms with Gasteiger partial charge in [0.15, 0.2) is 0 Å². The summed E-state index contributed by atoms with van der Waals surface area (Å²) in [5, 5.41) is 8.29. The Morgan fingerprint density at radius 1 is 0.645 bits per heavy atom. The first kappa shape index (κ1) is 23.1. The van der Waals surface area contributed by atoms with E-state index < -0.39 is 5.97 Å². The second-order valence-corrected chi connectivity index (χ2v) is 6.27. The molecule has 4 heteroatoms. The fourth-order valence-electron chi connectivity index (χ4n) is 2.39. The zero-order valence-corrected chi connectivity index (χ0v) is 17.0. The molecule has 0 spiro atoms. The summed E-state index contributed by atoms with van der Waals surface area (Å²) in [6, 6.07) is 28.8. The Morgan fingerprint density at radius 2 is 1.06 bits per heavy atom. The molecule has 0 atom stereocenters. The predicted molar refractivity (Wildman–Crippen MR) is 125 cm³/mol. The molecule has 31 heavy (non-hydrogen) atoms. The van der Waals surface area contributed by atoms with E-state index in [2.05, 4.69) is 0 Å². The van der Waals surface area contributed by atoms with Crippen molar-refractivity contribution in [1.82, 2.24) is 0 Å².